The average molecular weight is 361 g/mol. The lowest BCUT2D eigenvalue weighted by molar-refractivity contribution is -0.120. The van der Waals surface area contributed by atoms with Gasteiger partial charge in [0.05, 0.1) is 11.0 Å². The molecule has 0 aromatic heterocycles. The minimum atomic E-state index is -3.14. The van der Waals surface area contributed by atoms with Crippen LogP contribution in [0.2, 0.25) is 0 Å². The Morgan fingerprint density at radius 2 is 1.96 bits per heavy atom. The molecule has 0 bridgehead atoms. The van der Waals surface area contributed by atoms with Crippen LogP contribution in [0.15, 0.2) is 24.3 Å². The Kier molecular flexibility index (Phi) is 7.51. The van der Waals surface area contributed by atoms with Gasteiger partial charge in [-0.05, 0) is 57.5 Å². The maximum absolute atomic E-state index is 12.2. The van der Waals surface area contributed by atoms with Gasteiger partial charge in [0.1, 0.15) is 0 Å². The molecule has 2 rings (SSSR count). The van der Waals surface area contributed by atoms with Gasteiger partial charge in [-0.1, -0.05) is 12.1 Å². The lowest BCUT2D eigenvalue weighted by Crippen LogP contribution is -2.34. The van der Waals surface area contributed by atoms with Gasteiger partial charge < -0.3 is 10.6 Å². The highest BCUT2D eigenvalue weighted by Gasteiger charge is 2.21. The van der Waals surface area contributed by atoms with Crippen molar-refractivity contribution in [2.45, 2.75) is 37.7 Å². The van der Waals surface area contributed by atoms with Gasteiger partial charge in [0, 0.05) is 11.6 Å². The lowest BCUT2D eigenvalue weighted by atomic mass is 9.97. The normalized spacial score (nSPS) is 16.0. The third kappa shape index (κ3) is 5.79. The number of anilines is 1. The smallest absolute Gasteiger partial charge is 0.227 e. The largest absolute Gasteiger partial charge is 0.326 e. The van der Waals surface area contributed by atoms with Crippen molar-refractivity contribution in [3.05, 3.63) is 29.8 Å². The Balaban J connectivity index is 0.00000264. The minimum Gasteiger partial charge on any atom is -0.326 e. The number of rotatable bonds is 5. The molecule has 0 unspecified atom stereocenters. The molecule has 1 aliphatic heterocycles. The number of amides is 1. The first kappa shape index (κ1) is 19.9. The Morgan fingerprint density at radius 3 is 2.57 bits per heavy atom. The Labute approximate surface area is 144 Å². The summed E-state index contributed by atoms with van der Waals surface area (Å²) in [5.74, 6) is 0.0523. The summed E-state index contributed by atoms with van der Waals surface area (Å²) < 4.78 is 24.0. The molecule has 0 radical (unpaired) electrons. The molecule has 130 valence electrons. The summed E-state index contributed by atoms with van der Waals surface area (Å²) in [4.78, 5) is 12.2. The van der Waals surface area contributed by atoms with Crippen molar-refractivity contribution >= 4 is 33.8 Å². The molecule has 0 aliphatic carbocycles. The fraction of sp³-hybridized carbons (Fsp3) is 0.562. The van der Waals surface area contributed by atoms with Gasteiger partial charge in [-0.15, -0.1) is 12.4 Å². The molecule has 7 heteroatoms. The zero-order valence-corrected chi connectivity index (χ0v) is 15.2. The third-order valence-electron chi connectivity index (χ3n) is 3.99. The zero-order valence-electron chi connectivity index (χ0n) is 13.5. The second kappa shape index (κ2) is 8.66. The summed E-state index contributed by atoms with van der Waals surface area (Å²) in [5, 5.41) is 5.74. The van der Waals surface area contributed by atoms with E-state index in [0.717, 1.165) is 25.9 Å². The van der Waals surface area contributed by atoms with Crippen LogP contribution in [0.25, 0.3) is 0 Å². The van der Waals surface area contributed by atoms with Crippen LogP contribution in [0.5, 0.6) is 0 Å². The number of halogens is 1. The molecule has 1 amide bonds. The first-order valence-corrected chi connectivity index (χ1v) is 9.42. The first-order valence-electron chi connectivity index (χ1n) is 7.70. The number of nitrogens with one attached hydrogen (secondary N) is 2. The molecule has 1 aliphatic rings. The van der Waals surface area contributed by atoms with Crippen molar-refractivity contribution in [3.63, 3.8) is 0 Å². The molecule has 1 aromatic rings. The van der Waals surface area contributed by atoms with E-state index < -0.39 is 15.1 Å². The Morgan fingerprint density at radius 1 is 1.30 bits per heavy atom. The predicted octanol–water partition coefficient (Wildman–Crippen LogP) is 2.37. The standard InChI is InChI=1S/C16H24N2O3S.ClH/c1-12(2)22(20,21)11-13-4-3-5-15(10-13)18-16(19)14-6-8-17-9-7-14;/h3-5,10,12,14,17H,6-9,11H2,1-2H3,(H,18,19);1H. The molecule has 1 saturated heterocycles. The van der Waals surface area contributed by atoms with Crippen LogP contribution in [0.4, 0.5) is 5.69 Å². The zero-order chi connectivity index (χ0) is 16.2. The quantitative estimate of drug-likeness (QED) is 0.845. The van der Waals surface area contributed by atoms with E-state index in [4.69, 9.17) is 0 Å². The highest BCUT2D eigenvalue weighted by atomic mass is 35.5. The summed E-state index contributed by atoms with van der Waals surface area (Å²) >= 11 is 0. The van der Waals surface area contributed by atoms with Crippen LogP contribution >= 0.6 is 12.4 Å². The number of benzene rings is 1. The van der Waals surface area contributed by atoms with Gasteiger partial charge in [0.2, 0.25) is 5.91 Å². The molecular formula is C16H25ClN2O3S. The van der Waals surface area contributed by atoms with E-state index in [2.05, 4.69) is 10.6 Å². The number of hydrogen-bond donors (Lipinski definition) is 2. The summed E-state index contributed by atoms with van der Waals surface area (Å²) in [7, 11) is -3.14. The predicted molar refractivity (Wildman–Crippen MR) is 95.7 cm³/mol. The second-order valence-corrected chi connectivity index (χ2v) is 8.63. The van der Waals surface area contributed by atoms with Gasteiger partial charge in [-0.3, -0.25) is 4.79 Å². The fourth-order valence-electron chi connectivity index (χ4n) is 2.47. The Hall–Kier alpha value is -1.11. The van der Waals surface area contributed by atoms with E-state index in [1.54, 1.807) is 38.1 Å². The molecule has 2 N–H and O–H groups in total. The summed E-state index contributed by atoms with van der Waals surface area (Å²) in [6.07, 6.45) is 1.68. The van der Waals surface area contributed by atoms with E-state index in [1.165, 1.54) is 0 Å². The SMILES string of the molecule is CC(C)S(=O)(=O)Cc1cccc(NC(=O)C2CCNCC2)c1.Cl. The molecule has 0 atom stereocenters. The van der Waals surface area contributed by atoms with Crippen LogP contribution in [0, 0.1) is 5.92 Å². The van der Waals surface area contributed by atoms with Crippen molar-refractivity contribution in [3.8, 4) is 0 Å². The minimum absolute atomic E-state index is 0. The van der Waals surface area contributed by atoms with Crippen molar-refractivity contribution in [1.82, 2.24) is 5.32 Å². The van der Waals surface area contributed by atoms with E-state index in [0.29, 0.717) is 11.3 Å². The molecule has 0 saturated carbocycles. The van der Waals surface area contributed by atoms with Gasteiger partial charge in [-0.25, -0.2) is 8.42 Å². The number of piperidine rings is 1. The second-order valence-electron chi connectivity index (χ2n) is 6.07. The molecule has 1 aromatic carbocycles. The maximum Gasteiger partial charge on any atom is 0.227 e. The molecule has 1 fully saturated rings. The van der Waals surface area contributed by atoms with Crippen molar-refractivity contribution < 1.29 is 13.2 Å². The number of sulfone groups is 1. The van der Waals surface area contributed by atoms with Gasteiger partial charge in [0.25, 0.3) is 0 Å². The van der Waals surface area contributed by atoms with Crippen LogP contribution < -0.4 is 10.6 Å². The fourth-order valence-corrected chi connectivity index (χ4v) is 3.44. The lowest BCUT2D eigenvalue weighted by Gasteiger charge is -2.21. The van der Waals surface area contributed by atoms with Crippen LogP contribution in [0.3, 0.4) is 0 Å². The van der Waals surface area contributed by atoms with Crippen LogP contribution in [0.1, 0.15) is 32.3 Å². The van der Waals surface area contributed by atoms with Crippen LogP contribution in [-0.2, 0) is 20.4 Å². The summed E-state index contributed by atoms with van der Waals surface area (Å²) in [6, 6.07) is 7.10. The van der Waals surface area contributed by atoms with Crippen molar-refractivity contribution in [1.29, 1.82) is 0 Å². The van der Waals surface area contributed by atoms with Gasteiger partial charge in [0.15, 0.2) is 9.84 Å². The van der Waals surface area contributed by atoms with Crippen molar-refractivity contribution in [2.24, 2.45) is 5.92 Å². The van der Waals surface area contributed by atoms with E-state index in [9.17, 15) is 13.2 Å². The molecule has 1 heterocycles. The van der Waals surface area contributed by atoms with E-state index in [-0.39, 0.29) is 30.0 Å². The topological polar surface area (TPSA) is 75.3 Å². The molecule has 5 nitrogen and oxygen atoms in total. The first-order chi connectivity index (χ1) is 10.4. The van der Waals surface area contributed by atoms with E-state index >= 15 is 0 Å². The Bertz CT molecular complexity index is 626. The summed E-state index contributed by atoms with van der Waals surface area (Å²) in [5.41, 5.74) is 1.37. The monoisotopic (exact) mass is 360 g/mol. The highest BCUT2D eigenvalue weighted by molar-refractivity contribution is 7.91. The number of hydrogen-bond acceptors (Lipinski definition) is 4. The number of carbonyl (C=O) groups excluding carboxylic acids is 1. The molecular weight excluding hydrogens is 336 g/mol. The van der Waals surface area contributed by atoms with Crippen LogP contribution in [-0.4, -0.2) is 32.7 Å². The van der Waals surface area contributed by atoms with E-state index in [1.807, 2.05) is 0 Å². The number of carbonyl (C=O) groups is 1. The molecule has 23 heavy (non-hydrogen) atoms. The molecule has 0 spiro atoms. The summed E-state index contributed by atoms with van der Waals surface area (Å²) in [6.45, 7) is 5.09. The third-order valence-corrected chi connectivity index (χ3v) is 6.16. The maximum atomic E-state index is 12.2. The van der Waals surface area contributed by atoms with Crippen molar-refractivity contribution in [2.75, 3.05) is 18.4 Å². The van der Waals surface area contributed by atoms with Gasteiger partial charge in [-0.2, -0.15) is 0 Å². The average Bonchev–Trinajstić information content (AvgIpc) is 2.48. The highest BCUT2D eigenvalue weighted by Crippen LogP contribution is 2.18. The van der Waals surface area contributed by atoms with Gasteiger partial charge >= 0.3 is 0 Å².